The van der Waals surface area contributed by atoms with E-state index in [1.54, 1.807) is 18.0 Å². The Labute approximate surface area is 160 Å². The molecule has 0 amide bonds. The highest BCUT2D eigenvalue weighted by molar-refractivity contribution is 5.79. The van der Waals surface area contributed by atoms with Gasteiger partial charge in [-0.05, 0) is 24.6 Å². The van der Waals surface area contributed by atoms with Crippen LogP contribution in [0.15, 0.2) is 29.4 Å². The third-order valence-electron chi connectivity index (χ3n) is 3.90. The molecule has 1 heterocycles. The van der Waals surface area contributed by atoms with Crippen molar-refractivity contribution in [2.45, 2.75) is 26.2 Å². The van der Waals surface area contributed by atoms with Gasteiger partial charge in [-0.15, -0.1) is 0 Å². The molecule has 2 rings (SSSR count). The minimum atomic E-state index is -4.54. The molecule has 1 N–H and O–H groups in total. The number of alkyl halides is 3. The molecule has 6 nitrogen and oxygen atoms in total. The van der Waals surface area contributed by atoms with Crippen molar-refractivity contribution in [1.82, 2.24) is 20.0 Å². The van der Waals surface area contributed by atoms with Crippen molar-refractivity contribution in [2.75, 3.05) is 20.7 Å². The van der Waals surface area contributed by atoms with E-state index in [2.05, 4.69) is 15.4 Å². The minimum Gasteiger partial charge on any atom is -0.494 e. The molecule has 28 heavy (non-hydrogen) atoms. The fourth-order valence-electron chi connectivity index (χ4n) is 2.68. The summed E-state index contributed by atoms with van der Waals surface area (Å²) in [5.74, 6) is 0.0551. The van der Waals surface area contributed by atoms with Crippen LogP contribution >= 0.6 is 0 Å². The standard InChI is InChI=1S/C18H23F4N5O/c1-5-23-17(24-9-13-11-27(3)25-16(13)18(20,21)22)26(2)10-12-6-7-15(28-4)14(19)8-12/h6-8,11H,5,9-10H2,1-4H3,(H,23,24). The van der Waals surface area contributed by atoms with Crippen LogP contribution < -0.4 is 10.1 Å². The monoisotopic (exact) mass is 401 g/mol. The number of hydrogen-bond donors (Lipinski definition) is 1. The highest BCUT2D eigenvalue weighted by Crippen LogP contribution is 2.30. The summed E-state index contributed by atoms with van der Waals surface area (Å²) in [6.45, 7) is 2.50. The zero-order valence-electron chi connectivity index (χ0n) is 16.1. The van der Waals surface area contributed by atoms with Crippen LogP contribution in [0.1, 0.15) is 23.7 Å². The van der Waals surface area contributed by atoms with Crippen molar-refractivity contribution < 1.29 is 22.3 Å². The number of hydrogen-bond acceptors (Lipinski definition) is 3. The van der Waals surface area contributed by atoms with Gasteiger partial charge in [0.15, 0.2) is 23.2 Å². The first-order valence-electron chi connectivity index (χ1n) is 8.57. The van der Waals surface area contributed by atoms with E-state index >= 15 is 0 Å². The molecular formula is C18H23F4N5O. The average molecular weight is 401 g/mol. The summed E-state index contributed by atoms with van der Waals surface area (Å²) in [5.41, 5.74) is -0.299. The smallest absolute Gasteiger partial charge is 0.435 e. The summed E-state index contributed by atoms with van der Waals surface area (Å²) < 4.78 is 59.1. The van der Waals surface area contributed by atoms with E-state index in [-0.39, 0.29) is 17.9 Å². The van der Waals surface area contributed by atoms with Gasteiger partial charge in [0.2, 0.25) is 0 Å². The minimum absolute atomic E-state index is 0.0192. The number of aromatic nitrogens is 2. The Morgan fingerprint density at radius 2 is 2.07 bits per heavy atom. The van der Waals surface area contributed by atoms with Crippen molar-refractivity contribution >= 4 is 5.96 Å². The molecule has 10 heteroatoms. The fraction of sp³-hybridized carbons (Fsp3) is 0.444. The maximum Gasteiger partial charge on any atom is 0.435 e. The molecule has 0 bridgehead atoms. The van der Waals surface area contributed by atoms with Crippen molar-refractivity contribution in [3.63, 3.8) is 0 Å². The van der Waals surface area contributed by atoms with E-state index in [0.29, 0.717) is 24.6 Å². The second-order valence-corrected chi connectivity index (χ2v) is 6.17. The van der Waals surface area contributed by atoms with Crippen LogP contribution in [0.5, 0.6) is 5.75 Å². The zero-order valence-corrected chi connectivity index (χ0v) is 16.1. The van der Waals surface area contributed by atoms with Gasteiger partial charge in [0.05, 0.1) is 13.7 Å². The van der Waals surface area contributed by atoms with Crippen LogP contribution in [-0.2, 0) is 26.3 Å². The van der Waals surface area contributed by atoms with E-state index in [1.807, 2.05) is 6.92 Å². The third kappa shape index (κ3) is 5.37. The van der Waals surface area contributed by atoms with Gasteiger partial charge in [0.1, 0.15) is 0 Å². The summed E-state index contributed by atoms with van der Waals surface area (Å²) in [5, 5.41) is 6.50. The number of aryl methyl sites for hydroxylation is 1. The van der Waals surface area contributed by atoms with Crippen molar-refractivity contribution in [3.05, 3.63) is 47.0 Å². The number of ether oxygens (including phenoxy) is 1. The van der Waals surface area contributed by atoms with Crippen LogP contribution in [0.3, 0.4) is 0 Å². The number of aliphatic imine (C=N–C) groups is 1. The Morgan fingerprint density at radius 3 is 2.64 bits per heavy atom. The van der Waals surface area contributed by atoms with Gasteiger partial charge < -0.3 is 15.0 Å². The van der Waals surface area contributed by atoms with Crippen LogP contribution in [0.25, 0.3) is 0 Å². The largest absolute Gasteiger partial charge is 0.494 e. The molecule has 0 spiro atoms. The molecule has 0 unspecified atom stereocenters. The SMILES string of the molecule is CCNC(=NCc1cn(C)nc1C(F)(F)F)N(C)Cc1ccc(OC)c(F)c1. The summed E-state index contributed by atoms with van der Waals surface area (Å²) >= 11 is 0. The van der Waals surface area contributed by atoms with Gasteiger partial charge in [0.25, 0.3) is 0 Å². The average Bonchev–Trinajstić information content (AvgIpc) is 3.00. The number of halogens is 4. The number of nitrogens with zero attached hydrogens (tertiary/aromatic N) is 4. The van der Waals surface area contributed by atoms with Crippen molar-refractivity contribution in [1.29, 1.82) is 0 Å². The summed E-state index contributed by atoms with van der Waals surface area (Å²) in [4.78, 5) is 5.99. The molecule has 2 aromatic rings. The topological polar surface area (TPSA) is 54.7 Å². The van der Waals surface area contributed by atoms with Crippen molar-refractivity contribution in [3.8, 4) is 5.75 Å². The molecule has 0 aliphatic heterocycles. The van der Waals surface area contributed by atoms with Gasteiger partial charge in [-0.1, -0.05) is 6.07 Å². The van der Waals surface area contributed by atoms with E-state index in [0.717, 1.165) is 4.68 Å². The molecule has 0 aliphatic rings. The molecule has 1 aromatic carbocycles. The van der Waals surface area contributed by atoms with E-state index in [4.69, 9.17) is 4.74 Å². The number of methoxy groups -OCH3 is 1. The lowest BCUT2D eigenvalue weighted by atomic mass is 10.2. The first-order chi connectivity index (χ1) is 13.2. The maximum atomic E-state index is 13.9. The zero-order chi connectivity index (χ0) is 20.9. The quantitative estimate of drug-likeness (QED) is 0.459. The highest BCUT2D eigenvalue weighted by Gasteiger charge is 2.36. The van der Waals surface area contributed by atoms with Gasteiger partial charge >= 0.3 is 6.18 Å². The first kappa shape index (κ1) is 21.5. The lowest BCUT2D eigenvalue weighted by Crippen LogP contribution is -2.38. The third-order valence-corrected chi connectivity index (χ3v) is 3.90. The van der Waals surface area contributed by atoms with Crippen molar-refractivity contribution in [2.24, 2.45) is 12.0 Å². The van der Waals surface area contributed by atoms with E-state index < -0.39 is 17.7 Å². The molecule has 1 aromatic heterocycles. The van der Waals surface area contributed by atoms with Crippen LogP contribution in [0.2, 0.25) is 0 Å². The maximum absolute atomic E-state index is 13.9. The summed E-state index contributed by atoms with van der Waals surface area (Å²) in [6, 6.07) is 4.58. The number of rotatable bonds is 6. The molecule has 0 atom stereocenters. The Balaban J connectivity index is 2.19. The lowest BCUT2D eigenvalue weighted by molar-refractivity contribution is -0.142. The van der Waals surface area contributed by atoms with Gasteiger partial charge in [-0.3, -0.25) is 4.68 Å². The number of benzene rings is 1. The van der Waals surface area contributed by atoms with Gasteiger partial charge in [-0.2, -0.15) is 18.3 Å². The number of nitrogens with one attached hydrogen (secondary N) is 1. The molecular weight excluding hydrogens is 378 g/mol. The Kier molecular flexibility index (Phi) is 6.87. The van der Waals surface area contributed by atoms with Crippen LogP contribution in [-0.4, -0.2) is 41.3 Å². The Bertz CT molecular complexity index is 832. The van der Waals surface area contributed by atoms with Crippen LogP contribution in [0, 0.1) is 5.82 Å². The fourth-order valence-corrected chi connectivity index (χ4v) is 2.68. The molecule has 0 saturated carbocycles. The molecule has 0 aliphatic carbocycles. The van der Waals surface area contributed by atoms with Gasteiger partial charge in [-0.25, -0.2) is 9.38 Å². The highest BCUT2D eigenvalue weighted by atomic mass is 19.4. The Hall–Kier alpha value is -2.78. The summed E-state index contributed by atoms with van der Waals surface area (Å²) in [6.07, 6.45) is -3.24. The predicted octanol–water partition coefficient (Wildman–Crippen LogP) is 3.18. The molecule has 0 saturated heterocycles. The Morgan fingerprint density at radius 1 is 1.36 bits per heavy atom. The normalized spacial score (nSPS) is 12.2. The summed E-state index contributed by atoms with van der Waals surface area (Å²) in [7, 11) is 4.53. The molecule has 0 fully saturated rings. The van der Waals surface area contributed by atoms with Crippen LogP contribution in [0.4, 0.5) is 17.6 Å². The van der Waals surface area contributed by atoms with Gasteiger partial charge in [0, 0.05) is 38.9 Å². The second-order valence-electron chi connectivity index (χ2n) is 6.17. The predicted molar refractivity (Wildman–Crippen MR) is 97.4 cm³/mol. The molecule has 154 valence electrons. The van der Waals surface area contributed by atoms with E-state index in [1.165, 1.54) is 32.5 Å². The second kappa shape index (κ2) is 8.94. The number of guanidine groups is 1. The molecule has 0 radical (unpaired) electrons. The van der Waals surface area contributed by atoms with E-state index in [9.17, 15) is 17.6 Å². The lowest BCUT2D eigenvalue weighted by Gasteiger charge is -2.22. The first-order valence-corrected chi connectivity index (χ1v) is 8.57.